The number of hydrogen-bond donors (Lipinski definition) is 1. The van der Waals surface area contributed by atoms with E-state index in [1.54, 1.807) is 26.2 Å². The molecule has 1 N–H and O–H groups in total. The van der Waals surface area contributed by atoms with Gasteiger partial charge in [0.2, 0.25) is 11.8 Å². The van der Waals surface area contributed by atoms with E-state index in [4.69, 9.17) is 0 Å². The lowest BCUT2D eigenvalue weighted by molar-refractivity contribution is -0.128. The molecule has 9 nitrogen and oxygen atoms in total. The van der Waals surface area contributed by atoms with Gasteiger partial charge in [0.25, 0.3) is 0 Å². The SMILES string of the molecule is CN(C)C(=O)Cc1cnc(NC(=O)[C@H](C[C@H]2CCC(=O)C2)c2ccc(S(=O)(=O)C3CC3)c(C3CC3)c2)cn1. The molecular weight excluding hydrogens is 504 g/mol. The molecule has 3 saturated carbocycles. The number of ketones is 1. The number of sulfone groups is 1. The van der Waals surface area contributed by atoms with E-state index < -0.39 is 15.8 Å². The molecule has 3 fully saturated rings. The van der Waals surface area contributed by atoms with E-state index in [9.17, 15) is 22.8 Å². The number of carbonyl (C=O) groups excluding carboxylic acids is 3. The molecule has 10 heteroatoms. The lowest BCUT2D eigenvalue weighted by Crippen LogP contribution is -2.25. The van der Waals surface area contributed by atoms with E-state index >= 15 is 0 Å². The van der Waals surface area contributed by atoms with Crippen molar-refractivity contribution in [2.24, 2.45) is 5.92 Å². The molecule has 1 heterocycles. The number of carbonyl (C=O) groups is 3. The molecular formula is C28H34N4O5S. The number of benzene rings is 1. The smallest absolute Gasteiger partial charge is 0.233 e. The maximum Gasteiger partial charge on any atom is 0.233 e. The minimum absolute atomic E-state index is 0.0964. The minimum atomic E-state index is -3.35. The van der Waals surface area contributed by atoms with Gasteiger partial charge in [0.15, 0.2) is 15.7 Å². The van der Waals surface area contributed by atoms with Gasteiger partial charge in [-0.15, -0.1) is 0 Å². The number of nitrogens with zero attached hydrogens (tertiary/aromatic N) is 3. The van der Waals surface area contributed by atoms with Crippen LogP contribution in [0.3, 0.4) is 0 Å². The van der Waals surface area contributed by atoms with Gasteiger partial charge in [0.1, 0.15) is 5.78 Å². The summed E-state index contributed by atoms with van der Waals surface area (Å²) >= 11 is 0. The van der Waals surface area contributed by atoms with Crippen LogP contribution in [-0.2, 0) is 30.6 Å². The Kier molecular flexibility index (Phi) is 7.35. The number of nitrogens with one attached hydrogen (secondary N) is 1. The summed E-state index contributed by atoms with van der Waals surface area (Å²) in [6, 6.07) is 5.37. The van der Waals surface area contributed by atoms with Crippen LogP contribution in [0.25, 0.3) is 0 Å². The average Bonchev–Trinajstić information content (AvgIpc) is 3.80. The topological polar surface area (TPSA) is 126 Å². The summed E-state index contributed by atoms with van der Waals surface area (Å²) in [5, 5.41) is 2.57. The van der Waals surface area contributed by atoms with Crippen molar-refractivity contribution in [2.45, 2.75) is 79.8 Å². The van der Waals surface area contributed by atoms with E-state index in [0.717, 1.165) is 30.4 Å². The maximum absolute atomic E-state index is 13.6. The molecule has 1 aromatic carbocycles. The van der Waals surface area contributed by atoms with Crippen LogP contribution < -0.4 is 5.32 Å². The summed E-state index contributed by atoms with van der Waals surface area (Å²) in [4.78, 5) is 47.9. The van der Waals surface area contributed by atoms with Gasteiger partial charge in [0, 0.05) is 26.9 Å². The Bertz CT molecular complexity index is 1350. The highest BCUT2D eigenvalue weighted by atomic mass is 32.2. The van der Waals surface area contributed by atoms with Crippen molar-refractivity contribution in [2.75, 3.05) is 19.4 Å². The molecule has 2 atom stereocenters. The maximum atomic E-state index is 13.6. The fourth-order valence-electron chi connectivity index (χ4n) is 5.17. The number of hydrogen-bond acceptors (Lipinski definition) is 7. The molecule has 2 amide bonds. The molecule has 0 saturated heterocycles. The Morgan fingerprint density at radius 3 is 2.42 bits per heavy atom. The fourth-order valence-corrected chi connectivity index (χ4v) is 7.10. The Morgan fingerprint density at radius 2 is 1.84 bits per heavy atom. The third kappa shape index (κ3) is 5.95. The number of amides is 2. The molecule has 3 aliphatic rings. The molecule has 2 aromatic rings. The molecule has 3 aliphatic carbocycles. The molecule has 0 aliphatic heterocycles. The molecule has 5 rings (SSSR count). The number of likely N-dealkylation sites (N-methyl/N-ethyl adjacent to an activating group) is 1. The summed E-state index contributed by atoms with van der Waals surface area (Å²) in [5.74, 6) is -0.123. The molecule has 1 aromatic heterocycles. The summed E-state index contributed by atoms with van der Waals surface area (Å²) in [7, 11) is -0.00798. The Balaban J connectivity index is 1.39. The van der Waals surface area contributed by atoms with Crippen molar-refractivity contribution >= 4 is 33.3 Å². The predicted octanol–water partition coefficient (Wildman–Crippen LogP) is 3.40. The van der Waals surface area contributed by atoms with E-state index in [1.165, 1.54) is 17.3 Å². The second-order valence-corrected chi connectivity index (χ2v) is 13.3. The van der Waals surface area contributed by atoms with Crippen molar-refractivity contribution in [3.8, 4) is 0 Å². The highest BCUT2D eigenvalue weighted by Gasteiger charge is 2.41. The van der Waals surface area contributed by atoms with Crippen molar-refractivity contribution in [1.82, 2.24) is 14.9 Å². The van der Waals surface area contributed by atoms with Crippen LogP contribution in [0.2, 0.25) is 0 Å². The molecule has 202 valence electrons. The van der Waals surface area contributed by atoms with E-state index in [1.807, 2.05) is 6.07 Å². The van der Waals surface area contributed by atoms with Crippen LogP contribution in [0.1, 0.15) is 80.0 Å². The first-order valence-corrected chi connectivity index (χ1v) is 14.9. The summed E-state index contributed by atoms with van der Waals surface area (Å²) in [5.41, 5.74) is 2.09. The number of aromatic nitrogens is 2. The third-order valence-electron chi connectivity index (χ3n) is 7.74. The van der Waals surface area contributed by atoms with Crippen LogP contribution in [0.5, 0.6) is 0 Å². The normalized spacial score (nSPS) is 20.3. The molecule has 0 radical (unpaired) electrons. The van der Waals surface area contributed by atoms with Crippen LogP contribution >= 0.6 is 0 Å². The minimum Gasteiger partial charge on any atom is -0.348 e. The van der Waals surface area contributed by atoms with E-state index in [-0.39, 0.29) is 46.9 Å². The standard InChI is InChI=1S/C28H34N4O5S/c1-32(2)27(34)14-20-15-30-26(16-29-20)31-28(35)24(12-17-3-7-21(33)11-17)19-6-10-25(23(13-19)18-4-5-18)38(36,37)22-8-9-22/h6,10,13,15-18,22,24H,3-5,7-9,11-12,14H2,1-2H3,(H,30,31,35)/t17-,24+/m0/s1. The first kappa shape index (κ1) is 26.5. The van der Waals surface area contributed by atoms with Gasteiger partial charge in [-0.05, 0) is 67.6 Å². The van der Waals surface area contributed by atoms with Gasteiger partial charge < -0.3 is 10.2 Å². The number of rotatable bonds is 10. The quantitative estimate of drug-likeness (QED) is 0.491. The van der Waals surface area contributed by atoms with Gasteiger partial charge in [0.05, 0.1) is 40.6 Å². The predicted molar refractivity (Wildman–Crippen MR) is 141 cm³/mol. The van der Waals surface area contributed by atoms with Gasteiger partial charge in [-0.25, -0.2) is 13.4 Å². The summed E-state index contributed by atoms with van der Waals surface area (Å²) in [6.45, 7) is 0. The van der Waals surface area contributed by atoms with Crippen molar-refractivity contribution in [3.63, 3.8) is 0 Å². The molecule has 38 heavy (non-hydrogen) atoms. The second kappa shape index (κ2) is 10.6. The van der Waals surface area contributed by atoms with Crippen LogP contribution in [-0.4, -0.2) is 60.2 Å². The first-order valence-electron chi connectivity index (χ1n) is 13.3. The van der Waals surface area contributed by atoms with Crippen LogP contribution in [0.4, 0.5) is 5.82 Å². The number of anilines is 1. The van der Waals surface area contributed by atoms with E-state index in [0.29, 0.717) is 42.7 Å². The van der Waals surface area contributed by atoms with Crippen molar-refractivity contribution in [3.05, 3.63) is 47.4 Å². The van der Waals surface area contributed by atoms with Gasteiger partial charge in [-0.3, -0.25) is 19.4 Å². The zero-order valence-electron chi connectivity index (χ0n) is 21.9. The monoisotopic (exact) mass is 538 g/mol. The van der Waals surface area contributed by atoms with Crippen molar-refractivity contribution < 1.29 is 22.8 Å². The van der Waals surface area contributed by atoms with Crippen LogP contribution in [0.15, 0.2) is 35.5 Å². The average molecular weight is 539 g/mol. The van der Waals surface area contributed by atoms with Gasteiger partial charge in [-0.2, -0.15) is 0 Å². The molecule has 0 unspecified atom stereocenters. The Hall–Kier alpha value is -3.14. The molecule has 0 spiro atoms. The van der Waals surface area contributed by atoms with Gasteiger partial charge >= 0.3 is 0 Å². The third-order valence-corrected chi connectivity index (χ3v) is 10.1. The lowest BCUT2D eigenvalue weighted by Gasteiger charge is -2.22. The number of Topliss-reactive ketones (excluding diaryl/α,β-unsaturated/α-hetero) is 1. The highest BCUT2D eigenvalue weighted by Crippen LogP contribution is 2.47. The Morgan fingerprint density at radius 1 is 1.08 bits per heavy atom. The van der Waals surface area contributed by atoms with E-state index in [2.05, 4.69) is 15.3 Å². The highest BCUT2D eigenvalue weighted by molar-refractivity contribution is 7.92. The first-order chi connectivity index (χ1) is 18.1. The largest absolute Gasteiger partial charge is 0.348 e. The van der Waals surface area contributed by atoms with Crippen LogP contribution in [0, 0.1) is 5.92 Å². The summed E-state index contributed by atoms with van der Waals surface area (Å²) < 4.78 is 26.2. The van der Waals surface area contributed by atoms with Gasteiger partial charge in [-0.1, -0.05) is 12.1 Å². The second-order valence-electron chi connectivity index (χ2n) is 11.1. The fraction of sp³-hybridized carbons (Fsp3) is 0.536. The molecule has 0 bridgehead atoms. The Labute approximate surface area is 223 Å². The zero-order chi connectivity index (χ0) is 27.0. The zero-order valence-corrected chi connectivity index (χ0v) is 22.7. The summed E-state index contributed by atoms with van der Waals surface area (Å²) in [6.07, 6.45) is 8.58. The van der Waals surface area contributed by atoms with Crippen molar-refractivity contribution in [1.29, 1.82) is 0 Å². The lowest BCUT2D eigenvalue weighted by atomic mass is 9.86.